The second-order valence-corrected chi connectivity index (χ2v) is 3.98. The van der Waals surface area contributed by atoms with E-state index in [9.17, 15) is 4.79 Å². The maximum absolute atomic E-state index is 12.4. The molecule has 2 heterocycles. The number of pyridine rings is 2. The summed E-state index contributed by atoms with van der Waals surface area (Å²) in [7, 11) is 4.68. The van der Waals surface area contributed by atoms with Crippen LogP contribution in [0.5, 0.6) is 11.8 Å². The zero-order valence-corrected chi connectivity index (χ0v) is 11.5. The van der Waals surface area contributed by atoms with Crippen LogP contribution in [-0.4, -0.2) is 37.1 Å². The lowest BCUT2D eigenvalue weighted by Gasteiger charge is -2.18. The highest BCUT2D eigenvalue weighted by Crippen LogP contribution is 2.20. The molecule has 6 heteroatoms. The van der Waals surface area contributed by atoms with E-state index in [1.165, 1.54) is 19.1 Å². The Bertz CT molecular complexity index is 599. The van der Waals surface area contributed by atoms with Crippen LogP contribution in [0.4, 0.5) is 5.69 Å². The molecule has 1 amide bonds. The van der Waals surface area contributed by atoms with Crippen molar-refractivity contribution < 1.29 is 14.3 Å². The first-order chi connectivity index (χ1) is 9.67. The van der Waals surface area contributed by atoms with Gasteiger partial charge in [0.2, 0.25) is 11.8 Å². The third-order valence-corrected chi connectivity index (χ3v) is 2.82. The fourth-order valence-electron chi connectivity index (χ4n) is 1.71. The molecule has 0 radical (unpaired) electrons. The fourth-order valence-corrected chi connectivity index (χ4v) is 1.71. The molecule has 2 aromatic heterocycles. The van der Waals surface area contributed by atoms with Crippen LogP contribution in [0, 0.1) is 0 Å². The van der Waals surface area contributed by atoms with Crippen LogP contribution in [0.15, 0.2) is 36.7 Å². The monoisotopic (exact) mass is 273 g/mol. The summed E-state index contributed by atoms with van der Waals surface area (Å²) < 4.78 is 10.1. The highest BCUT2D eigenvalue weighted by atomic mass is 16.5. The van der Waals surface area contributed by atoms with Gasteiger partial charge in [-0.1, -0.05) is 0 Å². The fraction of sp³-hybridized carbons (Fsp3) is 0.214. The Kier molecular flexibility index (Phi) is 4.14. The smallest absolute Gasteiger partial charge is 0.263 e. The SMILES string of the molecule is COc1ccc(N(C)C(=O)c2cccnc2OC)cn1. The van der Waals surface area contributed by atoms with Crippen molar-refractivity contribution in [2.75, 3.05) is 26.2 Å². The molecule has 0 atom stereocenters. The van der Waals surface area contributed by atoms with Crippen molar-refractivity contribution in [3.05, 3.63) is 42.2 Å². The predicted molar refractivity (Wildman–Crippen MR) is 74.3 cm³/mol. The number of rotatable bonds is 4. The third kappa shape index (κ3) is 2.69. The van der Waals surface area contributed by atoms with Crippen LogP contribution in [-0.2, 0) is 0 Å². The van der Waals surface area contributed by atoms with Gasteiger partial charge >= 0.3 is 0 Å². The number of amides is 1. The van der Waals surface area contributed by atoms with E-state index in [-0.39, 0.29) is 5.91 Å². The summed E-state index contributed by atoms with van der Waals surface area (Å²) >= 11 is 0. The average Bonchev–Trinajstić information content (AvgIpc) is 2.53. The molecular formula is C14H15N3O3. The van der Waals surface area contributed by atoms with E-state index in [0.29, 0.717) is 23.0 Å². The lowest BCUT2D eigenvalue weighted by atomic mass is 10.2. The van der Waals surface area contributed by atoms with E-state index in [0.717, 1.165) is 0 Å². The van der Waals surface area contributed by atoms with E-state index >= 15 is 0 Å². The number of hydrogen-bond donors (Lipinski definition) is 0. The summed E-state index contributed by atoms with van der Waals surface area (Å²) in [5.74, 6) is 0.571. The number of carbonyl (C=O) groups excluding carboxylic acids is 1. The Morgan fingerprint density at radius 3 is 2.55 bits per heavy atom. The first kappa shape index (κ1) is 13.8. The summed E-state index contributed by atoms with van der Waals surface area (Å²) in [5, 5.41) is 0. The molecule has 20 heavy (non-hydrogen) atoms. The van der Waals surface area contributed by atoms with Crippen molar-refractivity contribution >= 4 is 11.6 Å². The Hall–Kier alpha value is -2.63. The Morgan fingerprint density at radius 1 is 1.15 bits per heavy atom. The van der Waals surface area contributed by atoms with Gasteiger partial charge in [-0.25, -0.2) is 9.97 Å². The number of nitrogens with zero attached hydrogens (tertiary/aromatic N) is 3. The van der Waals surface area contributed by atoms with Crippen molar-refractivity contribution in [1.29, 1.82) is 0 Å². The largest absolute Gasteiger partial charge is 0.481 e. The summed E-state index contributed by atoms with van der Waals surface area (Å²) in [6.45, 7) is 0. The molecule has 2 rings (SSSR count). The van der Waals surface area contributed by atoms with E-state index in [4.69, 9.17) is 9.47 Å². The highest BCUT2D eigenvalue weighted by Gasteiger charge is 2.18. The quantitative estimate of drug-likeness (QED) is 0.849. The molecule has 0 fully saturated rings. The van der Waals surface area contributed by atoms with Gasteiger partial charge in [-0.05, 0) is 18.2 Å². The maximum atomic E-state index is 12.4. The van der Waals surface area contributed by atoms with Crippen molar-refractivity contribution in [1.82, 2.24) is 9.97 Å². The van der Waals surface area contributed by atoms with Crippen LogP contribution < -0.4 is 14.4 Å². The number of aromatic nitrogens is 2. The summed E-state index contributed by atoms with van der Waals surface area (Å²) in [6.07, 6.45) is 3.14. The molecule has 0 aromatic carbocycles. The Balaban J connectivity index is 2.27. The summed E-state index contributed by atoms with van der Waals surface area (Å²) in [5.41, 5.74) is 1.05. The summed E-state index contributed by atoms with van der Waals surface area (Å²) in [4.78, 5) is 22.0. The van der Waals surface area contributed by atoms with E-state index in [1.807, 2.05) is 0 Å². The zero-order valence-electron chi connectivity index (χ0n) is 11.5. The van der Waals surface area contributed by atoms with Crippen molar-refractivity contribution in [3.8, 4) is 11.8 Å². The van der Waals surface area contributed by atoms with Gasteiger partial charge in [0.1, 0.15) is 5.56 Å². The van der Waals surface area contributed by atoms with E-state index in [2.05, 4.69) is 9.97 Å². The highest BCUT2D eigenvalue weighted by molar-refractivity contribution is 6.07. The number of ether oxygens (including phenoxy) is 2. The van der Waals surface area contributed by atoms with Crippen LogP contribution in [0.2, 0.25) is 0 Å². The van der Waals surface area contributed by atoms with Gasteiger partial charge < -0.3 is 14.4 Å². The maximum Gasteiger partial charge on any atom is 0.263 e. The van der Waals surface area contributed by atoms with Crippen LogP contribution in [0.1, 0.15) is 10.4 Å². The van der Waals surface area contributed by atoms with Gasteiger partial charge in [0.05, 0.1) is 26.1 Å². The van der Waals surface area contributed by atoms with Gasteiger partial charge in [0.25, 0.3) is 5.91 Å². The first-order valence-electron chi connectivity index (χ1n) is 5.94. The second-order valence-electron chi connectivity index (χ2n) is 3.98. The number of carbonyl (C=O) groups is 1. The van der Waals surface area contributed by atoms with Gasteiger partial charge in [0.15, 0.2) is 0 Å². The van der Waals surface area contributed by atoms with Crippen LogP contribution in [0.25, 0.3) is 0 Å². The molecule has 104 valence electrons. The predicted octanol–water partition coefficient (Wildman–Crippen LogP) is 1.77. The Morgan fingerprint density at radius 2 is 1.95 bits per heavy atom. The first-order valence-corrected chi connectivity index (χ1v) is 5.94. The molecule has 0 unspecified atom stereocenters. The minimum absolute atomic E-state index is 0.220. The molecular weight excluding hydrogens is 258 g/mol. The molecule has 0 saturated heterocycles. The van der Waals surface area contributed by atoms with Gasteiger partial charge in [-0.2, -0.15) is 0 Å². The van der Waals surface area contributed by atoms with Crippen molar-refractivity contribution in [2.24, 2.45) is 0 Å². The standard InChI is InChI=1S/C14H15N3O3/c1-17(10-6-7-12(19-2)16-9-10)14(18)11-5-4-8-15-13(11)20-3/h4-9H,1-3H3. The normalized spacial score (nSPS) is 9.95. The molecule has 0 aliphatic carbocycles. The van der Waals surface area contributed by atoms with E-state index in [1.54, 1.807) is 43.7 Å². The van der Waals surface area contributed by atoms with Gasteiger partial charge in [-0.3, -0.25) is 4.79 Å². The summed E-state index contributed by atoms with van der Waals surface area (Å²) in [6, 6.07) is 6.81. The van der Waals surface area contributed by atoms with Crippen molar-refractivity contribution in [2.45, 2.75) is 0 Å². The minimum Gasteiger partial charge on any atom is -0.481 e. The lowest BCUT2D eigenvalue weighted by Crippen LogP contribution is -2.27. The molecule has 0 bridgehead atoms. The van der Waals surface area contributed by atoms with Crippen LogP contribution in [0.3, 0.4) is 0 Å². The number of anilines is 1. The van der Waals surface area contributed by atoms with Gasteiger partial charge in [-0.15, -0.1) is 0 Å². The third-order valence-electron chi connectivity index (χ3n) is 2.82. The number of methoxy groups -OCH3 is 2. The molecule has 0 saturated carbocycles. The second kappa shape index (κ2) is 6.01. The molecule has 0 spiro atoms. The molecule has 0 aliphatic heterocycles. The Labute approximate surface area is 117 Å². The topological polar surface area (TPSA) is 64.5 Å². The molecule has 0 aliphatic rings. The molecule has 6 nitrogen and oxygen atoms in total. The van der Waals surface area contributed by atoms with E-state index < -0.39 is 0 Å². The zero-order chi connectivity index (χ0) is 14.5. The average molecular weight is 273 g/mol. The lowest BCUT2D eigenvalue weighted by molar-refractivity contribution is 0.0989. The molecule has 0 N–H and O–H groups in total. The van der Waals surface area contributed by atoms with Crippen LogP contribution >= 0.6 is 0 Å². The van der Waals surface area contributed by atoms with Gasteiger partial charge in [0, 0.05) is 19.3 Å². The number of hydrogen-bond acceptors (Lipinski definition) is 5. The molecule has 2 aromatic rings. The minimum atomic E-state index is -0.220. The van der Waals surface area contributed by atoms with Crippen molar-refractivity contribution in [3.63, 3.8) is 0 Å².